The number of rotatable bonds is 13. The number of aliphatic carboxylic acids is 1. The van der Waals surface area contributed by atoms with Gasteiger partial charge in [0.2, 0.25) is 17.7 Å². The summed E-state index contributed by atoms with van der Waals surface area (Å²) in [5.41, 5.74) is 0.518. The van der Waals surface area contributed by atoms with Gasteiger partial charge in [-0.1, -0.05) is 13.8 Å². The summed E-state index contributed by atoms with van der Waals surface area (Å²) >= 11 is 0. The lowest BCUT2D eigenvalue weighted by molar-refractivity contribution is -0.133. The lowest BCUT2D eigenvalue weighted by atomic mass is 9.91. The van der Waals surface area contributed by atoms with Gasteiger partial charge in [-0.05, 0) is 38.5 Å². The molecule has 0 bridgehead atoms. The summed E-state index contributed by atoms with van der Waals surface area (Å²) in [6.07, 6.45) is 3.50. The molecule has 170 valence electrons. The van der Waals surface area contributed by atoms with Gasteiger partial charge in [0, 0.05) is 49.7 Å². The number of hydrogen-bond donors (Lipinski definition) is 4. The topological polar surface area (TPSA) is 134 Å². The van der Waals surface area contributed by atoms with Crippen LogP contribution in [0.25, 0.3) is 0 Å². The van der Waals surface area contributed by atoms with Gasteiger partial charge in [0.05, 0.1) is 6.61 Å². The zero-order chi connectivity index (χ0) is 22.5. The summed E-state index contributed by atoms with van der Waals surface area (Å²) in [5, 5.41) is 17.5. The van der Waals surface area contributed by atoms with Gasteiger partial charge in [0.15, 0.2) is 0 Å². The van der Waals surface area contributed by atoms with E-state index < -0.39 is 5.97 Å². The Labute approximate surface area is 178 Å². The lowest BCUT2D eigenvalue weighted by Crippen LogP contribution is -2.39. The Morgan fingerprint density at radius 3 is 2.17 bits per heavy atom. The van der Waals surface area contributed by atoms with Gasteiger partial charge >= 0.3 is 5.97 Å². The van der Waals surface area contributed by atoms with Crippen LogP contribution in [0.2, 0.25) is 0 Å². The van der Waals surface area contributed by atoms with Gasteiger partial charge in [-0.2, -0.15) is 0 Å². The zero-order valence-electron chi connectivity index (χ0n) is 18.2. The third-order valence-electron chi connectivity index (χ3n) is 5.26. The molecule has 0 saturated carbocycles. The van der Waals surface area contributed by atoms with E-state index in [0.717, 1.165) is 12.8 Å². The van der Waals surface area contributed by atoms with Crippen molar-refractivity contribution >= 4 is 23.7 Å². The maximum atomic E-state index is 12.3. The van der Waals surface area contributed by atoms with Crippen molar-refractivity contribution in [3.63, 3.8) is 0 Å². The maximum Gasteiger partial charge on any atom is 0.332 e. The fourth-order valence-corrected chi connectivity index (χ4v) is 3.45. The van der Waals surface area contributed by atoms with Crippen LogP contribution in [0, 0.1) is 11.8 Å². The Morgan fingerprint density at radius 1 is 0.967 bits per heavy atom. The first kappa shape index (κ1) is 25.6. The summed E-state index contributed by atoms with van der Waals surface area (Å²) in [7, 11) is 1.56. The van der Waals surface area contributed by atoms with Crippen molar-refractivity contribution < 1.29 is 29.0 Å². The molecule has 2 atom stereocenters. The second kappa shape index (κ2) is 13.7. The van der Waals surface area contributed by atoms with Crippen LogP contribution < -0.4 is 16.0 Å². The first-order valence-corrected chi connectivity index (χ1v) is 10.6. The van der Waals surface area contributed by atoms with Crippen LogP contribution in [-0.2, 0) is 23.9 Å². The SMILES string of the molecule is CCC(CC(C)C(=O)NCCNC(=O)C1=C(C(=O)O)CCCC1)C(=O)NCCOC. The monoisotopic (exact) mass is 425 g/mol. The molecule has 1 rings (SSSR count). The summed E-state index contributed by atoms with van der Waals surface area (Å²) in [6.45, 7) is 5.00. The van der Waals surface area contributed by atoms with E-state index in [0.29, 0.717) is 44.4 Å². The summed E-state index contributed by atoms with van der Waals surface area (Å²) in [4.78, 5) is 48.0. The van der Waals surface area contributed by atoms with E-state index in [1.807, 2.05) is 6.92 Å². The molecule has 2 unspecified atom stereocenters. The maximum absolute atomic E-state index is 12.3. The van der Waals surface area contributed by atoms with Gasteiger partial charge in [0.1, 0.15) is 0 Å². The van der Waals surface area contributed by atoms with Gasteiger partial charge in [-0.25, -0.2) is 4.79 Å². The van der Waals surface area contributed by atoms with E-state index in [-0.39, 0.29) is 48.2 Å². The second-order valence-electron chi connectivity index (χ2n) is 7.54. The van der Waals surface area contributed by atoms with Crippen molar-refractivity contribution in [2.75, 3.05) is 33.4 Å². The quantitative estimate of drug-likeness (QED) is 0.325. The number of carbonyl (C=O) groups excluding carboxylic acids is 3. The van der Waals surface area contributed by atoms with Crippen molar-refractivity contribution in [1.29, 1.82) is 0 Å². The molecule has 0 aromatic rings. The van der Waals surface area contributed by atoms with Gasteiger partial charge in [-0.15, -0.1) is 0 Å². The molecule has 0 aliphatic heterocycles. The average molecular weight is 426 g/mol. The molecular formula is C21H35N3O6. The van der Waals surface area contributed by atoms with E-state index in [2.05, 4.69) is 16.0 Å². The third-order valence-corrected chi connectivity index (χ3v) is 5.26. The van der Waals surface area contributed by atoms with Crippen LogP contribution in [0.1, 0.15) is 52.4 Å². The predicted molar refractivity (Wildman–Crippen MR) is 112 cm³/mol. The molecule has 0 saturated heterocycles. The predicted octanol–water partition coefficient (Wildman–Crippen LogP) is 0.989. The van der Waals surface area contributed by atoms with Crippen molar-refractivity contribution in [3.8, 4) is 0 Å². The first-order chi connectivity index (χ1) is 14.3. The number of ether oxygens (including phenoxy) is 1. The van der Waals surface area contributed by atoms with Crippen LogP contribution in [-0.4, -0.2) is 62.1 Å². The average Bonchev–Trinajstić information content (AvgIpc) is 2.74. The first-order valence-electron chi connectivity index (χ1n) is 10.6. The number of amides is 3. The van der Waals surface area contributed by atoms with E-state index in [1.165, 1.54) is 0 Å². The minimum absolute atomic E-state index is 0.0866. The molecule has 3 amide bonds. The largest absolute Gasteiger partial charge is 0.478 e. The lowest BCUT2D eigenvalue weighted by Gasteiger charge is -2.19. The number of carbonyl (C=O) groups is 4. The van der Waals surface area contributed by atoms with E-state index in [4.69, 9.17) is 4.74 Å². The number of carboxylic acids is 1. The zero-order valence-corrected chi connectivity index (χ0v) is 18.2. The molecule has 1 aliphatic rings. The highest BCUT2D eigenvalue weighted by Crippen LogP contribution is 2.25. The van der Waals surface area contributed by atoms with E-state index >= 15 is 0 Å². The summed E-state index contributed by atoms with van der Waals surface area (Å²) in [6, 6.07) is 0. The molecule has 0 spiro atoms. The molecule has 9 heteroatoms. The molecule has 9 nitrogen and oxygen atoms in total. The Balaban J connectivity index is 2.40. The van der Waals surface area contributed by atoms with Crippen LogP contribution in [0.3, 0.4) is 0 Å². The molecule has 1 aliphatic carbocycles. The highest BCUT2D eigenvalue weighted by Gasteiger charge is 2.24. The van der Waals surface area contributed by atoms with E-state index in [1.54, 1.807) is 14.0 Å². The number of hydrogen-bond acceptors (Lipinski definition) is 5. The summed E-state index contributed by atoms with van der Waals surface area (Å²) in [5.74, 6) is -2.30. The van der Waals surface area contributed by atoms with E-state index in [9.17, 15) is 24.3 Å². The van der Waals surface area contributed by atoms with Crippen molar-refractivity contribution in [2.24, 2.45) is 11.8 Å². The van der Waals surface area contributed by atoms with Crippen LogP contribution in [0.15, 0.2) is 11.1 Å². The fraction of sp³-hybridized carbons (Fsp3) is 0.714. The van der Waals surface area contributed by atoms with Gasteiger partial charge in [-0.3, -0.25) is 14.4 Å². The fourth-order valence-electron chi connectivity index (χ4n) is 3.45. The molecule has 0 heterocycles. The Hall–Kier alpha value is -2.42. The van der Waals surface area contributed by atoms with Gasteiger partial charge < -0.3 is 25.8 Å². The van der Waals surface area contributed by atoms with Crippen molar-refractivity contribution in [3.05, 3.63) is 11.1 Å². The number of methoxy groups -OCH3 is 1. The highest BCUT2D eigenvalue weighted by atomic mass is 16.5. The molecule has 0 aromatic carbocycles. The van der Waals surface area contributed by atoms with Crippen LogP contribution in [0.4, 0.5) is 0 Å². The smallest absolute Gasteiger partial charge is 0.332 e. The number of nitrogens with one attached hydrogen (secondary N) is 3. The molecular weight excluding hydrogens is 390 g/mol. The number of carboxylic acid groups (broad SMARTS) is 1. The Bertz CT molecular complexity index is 647. The van der Waals surface area contributed by atoms with Crippen LogP contribution in [0.5, 0.6) is 0 Å². The van der Waals surface area contributed by atoms with Gasteiger partial charge in [0.25, 0.3) is 0 Å². The standard InChI is InChI=1S/C21H35N3O6/c1-4-15(19(26)24-11-12-30-3)13-14(2)18(25)22-9-10-23-20(27)16-7-5-6-8-17(16)21(28)29/h14-15H,4-13H2,1-3H3,(H,22,25)(H,23,27)(H,24,26)(H,28,29). The molecule has 4 N–H and O–H groups in total. The van der Waals surface area contributed by atoms with Crippen molar-refractivity contribution in [1.82, 2.24) is 16.0 Å². The Morgan fingerprint density at radius 2 is 1.57 bits per heavy atom. The summed E-state index contributed by atoms with van der Waals surface area (Å²) < 4.78 is 4.91. The highest BCUT2D eigenvalue weighted by molar-refractivity contribution is 6.02. The third kappa shape index (κ3) is 8.52. The Kier molecular flexibility index (Phi) is 11.7. The molecule has 0 radical (unpaired) electrons. The molecule has 30 heavy (non-hydrogen) atoms. The second-order valence-corrected chi connectivity index (χ2v) is 7.54. The normalized spacial score (nSPS) is 15.8. The minimum atomic E-state index is -1.04. The van der Waals surface area contributed by atoms with Crippen molar-refractivity contribution in [2.45, 2.75) is 52.4 Å². The van der Waals surface area contributed by atoms with Crippen LogP contribution >= 0.6 is 0 Å². The molecule has 0 aromatic heterocycles. The minimum Gasteiger partial charge on any atom is -0.478 e. The molecule has 0 fully saturated rings.